The van der Waals surface area contributed by atoms with Crippen molar-refractivity contribution in [2.75, 3.05) is 0 Å². The summed E-state index contributed by atoms with van der Waals surface area (Å²) in [5.74, 6) is 0.626. The molecule has 0 heterocycles. The molecule has 0 aliphatic heterocycles. The SMILES string of the molecule is CC(=O)N[C@H]1C[C@@H](Cl)CC[C@@H]1C. The molecule has 1 aliphatic rings. The smallest absolute Gasteiger partial charge is 0.217 e. The third-order valence-electron chi connectivity index (χ3n) is 2.52. The fourth-order valence-corrected chi connectivity index (χ4v) is 2.05. The van der Waals surface area contributed by atoms with Gasteiger partial charge in [0.25, 0.3) is 0 Å². The van der Waals surface area contributed by atoms with Gasteiger partial charge in [0.2, 0.25) is 5.91 Å². The van der Waals surface area contributed by atoms with Gasteiger partial charge >= 0.3 is 0 Å². The van der Waals surface area contributed by atoms with Crippen LogP contribution in [0.1, 0.15) is 33.1 Å². The first-order valence-corrected chi connectivity index (χ1v) is 4.94. The minimum absolute atomic E-state index is 0.0533. The number of alkyl halides is 1. The van der Waals surface area contributed by atoms with Crippen molar-refractivity contribution in [2.45, 2.75) is 44.5 Å². The molecule has 0 unspecified atom stereocenters. The Morgan fingerprint density at radius 2 is 2.17 bits per heavy atom. The third kappa shape index (κ3) is 2.67. The van der Waals surface area contributed by atoms with E-state index in [0.29, 0.717) is 12.0 Å². The van der Waals surface area contributed by atoms with E-state index in [0.717, 1.165) is 19.3 Å². The highest BCUT2D eigenvalue weighted by Gasteiger charge is 2.26. The predicted octanol–water partition coefficient (Wildman–Crippen LogP) is 1.92. The maximum absolute atomic E-state index is 10.8. The second kappa shape index (κ2) is 4.13. The number of carbonyl (C=O) groups is 1. The molecule has 0 spiro atoms. The first-order valence-electron chi connectivity index (χ1n) is 4.50. The van der Waals surface area contributed by atoms with Gasteiger partial charge in [-0.05, 0) is 25.2 Å². The molecule has 1 fully saturated rings. The number of amides is 1. The van der Waals surface area contributed by atoms with Gasteiger partial charge in [0.15, 0.2) is 0 Å². The highest BCUT2D eigenvalue weighted by Crippen LogP contribution is 2.27. The molecule has 2 nitrogen and oxygen atoms in total. The molecular weight excluding hydrogens is 174 g/mol. The average molecular weight is 190 g/mol. The van der Waals surface area contributed by atoms with Crippen molar-refractivity contribution in [3.63, 3.8) is 0 Å². The molecule has 1 saturated carbocycles. The van der Waals surface area contributed by atoms with Gasteiger partial charge in [0.1, 0.15) is 0 Å². The largest absolute Gasteiger partial charge is 0.353 e. The molecular formula is C9H16ClNO. The van der Waals surface area contributed by atoms with E-state index in [4.69, 9.17) is 11.6 Å². The Morgan fingerprint density at radius 1 is 1.50 bits per heavy atom. The van der Waals surface area contributed by atoms with Gasteiger partial charge in [-0.2, -0.15) is 0 Å². The van der Waals surface area contributed by atoms with E-state index in [9.17, 15) is 4.79 Å². The summed E-state index contributed by atoms with van der Waals surface area (Å²) in [6, 6.07) is 0.291. The van der Waals surface area contributed by atoms with E-state index in [1.54, 1.807) is 6.92 Å². The molecule has 1 N–H and O–H groups in total. The maximum atomic E-state index is 10.8. The maximum Gasteiger partial charge on any atom is 0.217 e. The predicted molar refractivity (Wildman–Crippen MR) is 50.3 cm³/mol. The Labute approximate surface area is 78.7 Å². The van der Waals surface area contributed by atoms with Gasteiger partial charge in [-0.3, -0.25) is 4.79 Å². The molecule has 0 aromatic carbocycles. The van der Waals surface area contributed by atoms with Crippen LogP contribution in [0.4, 0.5) is 0 Å². The van der Waals surface area contributed by atoms with Crippen molar-refractivity contribution in [1.29, 1.82) is 0 Å². The highest BCUT2D eigenvalue weighted by atomic mass is 35.5. The van der Waals surface area contributed by atoms with Gasteiger partial charge in [0, 0.05) is 18.3 Å². The number of nitrogens with one attached hydrogen (secondary N) is 1. The number of rotatable bonds is 1. The minimum atomic E-state index is 0.0533. The number of carbonyl (C=O) groups excluding carboxylic acids is 1. The summed E-state index contributed by atoms with van der Waals surface area (Å²) in [5.41, 5.74) is 0. The van der Waals surface area contributed by atoms with Gasteiger partial charge in [0.05, 0.1) is 0 Å². The number of hydrogen-bond donors (Lipinski definition) is 1. The first kappa shape index (κ1) is 9.85. The summed E-state index contributed by atoms with van der Waals surface area (Å²) >= 11 is 6.01. The van der Waals surface area contributed by atoms with E-state index in [1.165, 1.54) is 0 Å². The topological polar surface area (TPSA) is 29.1 Å². The summed E-state index contributed by atoms with van der Waals surface area (Å²) in [5, 5.41) is 3.19. The second-order valence-corrected chi connectivity index (χ2v) is 4.31. The lowest BCUT2D eigenvalue weighted by Gasteiger charge is -2.31. The van der Waals surface area contributed by atoms with Crippen LogP contribution in [0.15, 0.2) is 0 Å². The van der Waals surface area contributed by atoms with Gasteiger partial charge in [-0.25, -0.2) is 0 Å². The Bertz CT molecular complexity index is 172. The number of halogens is 1. The number of hydrogen-bond acceptors (Lipinski definition) is 1. The van der Waals surface area contributed by atoms with Crippen LogP contribution in [0.2, 0.25) is 0 Å². The Morgan fingerprint density at radius 3 is 2.75 bits per heavy atom. The zero-order valence-electron chi connectivity index (χ0n) is 7.64. The Kier molecular flexibility index (Phi) is 3.39. The standard InChI is InChI=1S/C9H16ClNO/c1-6-3-4-8(10)5-9(6)11-7(2)12/h6,8-9H,3-5H2,1-2H3,(H,11,12)/t6-,8-,9-/m0/s1. The molecule has 0 aromatic heterocycles. The second-order valence-electron chi connectivity index (χ2n) is 3.69. The molecule has 0 bridgehead atoms. The Balaban J connectivity index is 2.43. The molecule has 12 heavy (non-hydrogen) atoms. The average Bonchev–Trinajstić information content (AvgIpc) is 1.96. The fourth-order valence-electron chi connectivity index (χ4n) is 1.73. The van der Waals surface area contributed by atoms with E-state index < -0.39 is 0 Å². The van der Waals surface area contributed by atoms with Gasteiger partial charge in [-0.15, -0.1) is 11.6 Å². The quantitative estimate of drug-likeness (QED) is 0.628. The summed E-state index contributed by atoms with van der Waals surface area (Å²) in [6.45, 7) is 3.73. The molecule has 1 rings (SSSR count). The lowest BCUT2D eigenvalue weighted by molar-refractivity contribution is -0.120. The first-order chi connectivity index (χ1) is 5.59. The van der Waals surface area contributed by atoms with E-state index >= 15 is 0 Å². The zero-order valence-corrected chi connectivity index (χ0v) is 8.40. The van der Waals surface area contributed by atoms with Crippen LogP contribution in [-0.4, -0.2) is 17.3 Å². The normalized spacial score (nSPS) is 36.1. The van der Waals surface area contributed by atoms with Crippen molar-refractivity contribution in [2.24, 2.45) is 5.92 Å². The molecule has 3 atom stereocenters. The van der Waals surface area contributed by atoms with Gasteiger partial charge in [-0.1, -0.05) is 6.92 Å². The van der Waals surface area contributed by atoms with E-state index in [1.807, 2.05) is 0 Å². The van der Waals surface area contributed by atoms with Crippen molar-refractivity contribution in [3.05, 3.63) is 0 Å². The van der Waals surface area contributed by atoms with Crippen molar-refractivity contribution < 1.29 is 4.79 Å². The molecule has 1 aliphatic carbocycles. The summed E-state index contributed by atoms with van der Waals surface area (Å²) in [6.07, 6.45) is 3.13. The fraction of sp³-hybridized carbons (Fsp3) is 0.889. The van der Waals surface area contributed by atoms with Crippen molar-refractivity contribution >= 4 is 17.5 Å². The monoisotopic (exact) mass is 189 g/mol. The molecule has 0 radical (unpaired) electrons. The minimum Gasteiger partial charge on any atom is -0.353 e. The lowest BCUT2D eigenvalue weighted by atomic mass is 9.85. The molecule has 3 heteroatoms. The summed E-state index contributed by atoms with van der Waals surface area (Å²) < 4.78 is 0. The summed E-state index contributed by atoms with van der Waals surface area (Å²) in [4.78, 5) is 10.8. The zero-order chi connectivity index (χ0) is 9.14. The summed E-state index contributed by atoms with van der Waals surface area (Å²) in [7, 11) is 0. The van der Waals surface area contributed by atoms with Crippen LogP contribution in [0.25, 0.3) is 0 Å². The van der Waals surface area contributed by atoms with Crippen molar-refractivity contribution in [3.8, 4) is 0 Å². The highest BCUT2D eigenvalue weighted by molar-refractivity contribution is 6.20. The molecule has 0 saturated heterocycles. The van der Waals surface area contributed by atoms with Gasteiger partial charge < -0.3 is 5.32 Å². The van der Waals surface area contributed by atoms with Crippen LogP contribution in [0.5, 0.6) is 0 Å². The van der Waals surface area contributed by atoms with Crippen LogP contribution in [0.3, 0.4) is 0 Å². The molecule has 70 valence electrons. The van der Waals surface area contributed by atoms with Crippen LogP contribution < -0.4 is 5.32 Å². The van der Waals surface area contributed by atoms with Crippen LogP contribution in [0, 0.1) is 5.92 Å². The Hall–Kier alpha value is -0.240. The van der Waals surface area contributed by atoms with Crippen LogP contribution >= 0.6 is 11.6 Å². The van der Waals surface area contributed by atoms with Crippen molar-refractivity contribution in [1.82, 2.24) is 5.32 Å². The molecule has 0 aromatic rings. The van der Waals surface area contributed by atoms with E-state index in [-0.39, 0.29) is 11.3 Å². The van der Waals surface area contributed by atoms with Crippen LogP contribution in [-0.2, 0) is 4.79 Å². The van der Waals surface area contributed by atoms with E-state index in [2.05, 4.69) is 12.2 Å². The third-order valence-corrected chi connectivity index (χ3v) is 2.92. The molecule has 1 amide bonds. The lowest BCUT2D eigenvalue weighted by Crippen LogP contribution is -2.42.